The number of nitrogens with zero attached hydrogens (tertiary/aromatic N) is 4. The predicted octanol–water partition coefficient (Wildman–Crippen LogP) is 0.322. The fraction of sp³-hybridized carbons (Fsp3) is 0.714. The standard InChI is InChI=1S/C14H24N6/c1-15-14(16-9-13-5-7-17-19(13)2)18-11-6-8-20(10-11)12-3-4-12/h5,7,11-12H,3-4,6,8-10H2,1-2H3,(H2,15,16,18). The number of aromatic nitrogens is 2. The molecule has 1 aliphatic carbocycles. The maximum Gasteiger partial charge on any atom is 0.191 e. The largest absolute Gasteiger partial charge is 0.352 e. The molecule has 2 N–H and O–H groups in total. The number of nitrogens with one attached hydrogen (secondary N) is 2. The van der Waals surface area contributed by atoms with Crippen LogP contribution in [0.15, 0.2) is 17.3 Å². The van der Waals surface area contributed by atoms with Gasteiger partial charge in [-0.05, 0) is 25.3 Å². The van der Waals surface area contributed by atoms with Crippen LogP contribution in [0.4, 0.5) is 0 Å². The van der Waals surface area contributed by atoms with E-state index in [-0.39, 0.29) is 0 Å². The Morgan fingerprint density at radius 1 is 1.45 bits per heavy atom. The summed E-state index contributed by atoms with van der Waals surface area (Å²) in [4.78, 5) is 6.92. The number of aryl methyl sites for hydroxylation is 1. The van der Waals surface area contributed by atoms with Gasteiger partial charge in [-0.15, -0.1) is 0 Å². The quantitative estimate of drug-likeness (QED) is 0.614. The summed E-state index contributed by atoms with van der Waals surface area (Å²) in [6, 6.07) is 3.41. The van der Waals surface area contributed by atoms with Crippen LogP contribution in [0.25, 0.3) is 0 Å². The Morgan fingerprint density at radius 3 is 2.95 bits per heavy atom. The highest BCUT2D eigenvalue weighted by Gasteiger charge is 2.34. The number of guanidine groups is 1. The topological polar surface area (TPSA) is 57.5 Å². The molecule has 1 saturated heterocycles. The average Bonchev–Trinajstić information content (AvgIpc) is 3.07. The molecule has 0 amide bonds. The molecule has 1 saturated carbocycles. The van der Waals surface area contributed by atoms with Crippen LogP contribution in [0.1, 0.15) is 25.0 Å². The second-order valence-corrected chi connectivity index (χ2v) is 5.73. The maximum absolute atomic E-state index is 4.31. The molecule has 110 valence electrons. The van der Waals surface area contributed by atoms with Crippen molar-refractivity contribution in [3.63, 3.8) is 0 Å². The molecule has 20 heavy (non-hydrogen) atoms. The fourth-order valence-electron chi connectivity index (χ4n) is 2.81. The van der Waals surface area contributed by atoms with Crippen LogP contribution in [-0.2, 0) is 13.6 Å². The third kappa shape index (κ3) is 3.12. The second kappa shape index (κ2) is 5.83. The lowest BCUT2D eigenvalue weighted by atomic mass is 10.3. The number of rotatable bonds is 4. The van der Waals surface area contributed by atoms with E-state index in [2.05, 4.69) is 25.6 Å². The van der Waals surface area contributed by atoms with Crippen LogP contribution < -0.4 is 10.6 Å². The summed E-state index contributed by atoms with van der Waals surface area (Å²) >= 11 is 0. The summed E-state index contributed by atoms with van der Waals surface area (Å²) in [7, 11) is 3.78. The third-order valence-corrected chi connectivity index (χ3v) is 4.21. The second-order valence-electron chi connectivity index (χ2n) is 5.73. The molecule has 1 aromatic rings. The molecular formula is C14H24N6. The Balaban J connectivity index is 1.46. The monoisotopic (exact) mass is 276 g/mol. The van der Waals surface area contributed by atoms with Crippen LogP contribution in [0.2, 0.25) is 0 Å². The summed E-state index contributed by atoms with van der Waals surface area (Å²) in [5.74, 6) is 0.883. The van der Waals surface area contributed by atoms with E-state index in [1.165, 1.54) is 25.8 Å². The summed E-state index contributed by atoms with van der Waals surface area (Å²) in [5.41, 5.74) is 1.15. The minimum absolute atomic E-state index is 0.522. The minimum atomic E-state index is 0.522. The van der Waals surface area contributed by atoms with E-state index in [1.807, 2.05) is 31.0 Å². The van der Waals surface area contributed by atoms with Gasteiger partial charge in [-0.2, -0.15) is 5.10 Å². The Kier molecular flexibility index (Phi) is 3.91. The average molecular weight is 276 g/mol. The summed E-state index contributed by atoms with van der Waals surface area (Å²) in [6.07, 6.45) is 5.81. The molecule has 0 spiro atoms. The highest BCUT2D eigenvalue weighted by molar-refractivity contribution is 5.79. The van der Waals surface area contributed by atoms with Crippen LogP contribution >= 0.6 is 0 Å². The van der Waals surface area contributed by atoms with Crippen molar-refractivity contribution in [1.29, 1.82) is 0 Å². The van der Waals surface area contributed by atoms with Gasteiger partial charge in [-0.3, -0.25) is 14.6 Å². The van der Waals surface area contributed by atoms with Crippen molar-refractivity contribution in [2.24, 2.45) is 12.0 Å². The Morgan fingerprint density at radius 2 is 2.30 bits per heavy atom. The molecule has 1 unspecified atom stereocenters. The molecule has 3 rings (SSSR count). The van der Waals surface area contributed by atoms with Crippen LogP contribution in [0, 0.1) is 0 Å². The number of hydrogen-bond acceptors (Lipinski definition) is 3. The van der Waals surface area contributed by atoms with Crippen molar-refractivity contribution in [3.8, 4) is 0 Å². The van der Waals surface area contributed by atoms with Crippen LogP contribution in [-0.4, -0.2) is 52.9 Å². The van der Waals surface area contributed by atoms with E-state index in [9.17, 15) is 0 Å². The van der Waals surface area contributed by atoms with Gasteiger partial charge in [0.1, 0.15) is 0 Å². The molecule has 0 aromatic carbocycles. The number of aliphatic imine (C=N–C) groups is 1. The molecule has 1 atom stereocenters. The van der Waals surface area contributed by atoms with Gasteiger partial charge in [-0.25, -0.2) is 0 Å². The zero-order chi connectivity index (χ0) is 13.9. The van der Waals surface area contributed by atoms with Crippen molar-refractivity contribution >= 4 is 5.96 Å². The Labute approximate surface area is 120 Å². The lowest BCUT2D eigenvalue weighted by Gasteiger charge is -2.18. The zero-order valence-corrected chi connectivity index (χ0v) is 12.3. The molecule has 1 aliphatic heterocycles. The van der Waals surface area contributed by atoms with Crippen LogP contribution in [0.5, 0.6) is 0 Å². The van der Waals surface area contributed by atoms with E-state index in [4.69, 9.17) is 0 Å². The Hall–Kier alpha value is -1.56. The first-order chi connectivity index (χ1) is 9.76. The normalized spacial score (nSPS) is 24.1. The first-order valence-corrected chi connectivity index (χ1v) is 7.44. The van der Waals surface area contributed by atoms with Crippen molar-refractivity contribution in [1.82, 2.24) is 25.3 Å². The van der Waals surface area contributed by atoms with E-state index >= 15 is 0 Å². The van der Waals surface area contributed by atoms with Crippen molar-refractivity contribution < 1.29 is 0 Å². The van der Waals surface area contributed by atoms with Gasteiger partial charge in [0.15, 0.2) is 5.96 Å². The summed E-state index contributed by atoms with van der Waals surface area (Å²) in [5, 5.41) is 11.1. The first-order valence-electron chi connectivity index (χ1n) is 7.44. The van der Waals surface area contributed by atoms with Gasteiger partial charge in [0, 0.05) is 45.5 Å². The van der Waals surface area contributed by atoms with Crippen LogP contribution in [0.3, 0.4) is 0 Å². The number of hydrogen-bond donors (Lipinski definition) is 2. The van der Waals surface area contributed by atoms with Gasteiger partial charge < -0.3 is 10.6 Å². The first kappa shape index (κ1) is 13.4. The molecule has 6 heteroatoms. The molecular weight excluding hydrogens is 252 g/mol. The van der Waals surface area contributed by atoms with E-state index in [0.29, 0.717) is 6.04 Å². The van der Waals surface area contributed by atoms with Gasteiger partial charge in [-0.1, -0.05) is 0 Å². The third-order valence-electron chi connectivity index (χ3n) is 4.21. The van der Waals surface area contributed by atoms with Gasteiger partial charge >= 0.3 is 0 Å². The Bertz CT molecular complexity index is 476. The molecule has 0 radical (unpaired) electrons. The number of likely N-dealkylation sites (tertiary alicyclic amines) is 1. The summed E-state index contributed by atoms with van der Waals surface area (Å²) in [6.45, 7) is 3.12. The van der Waals surface area contributed by atoms with E-state index < -0.39 is 0 Å². The molecule has 2 aliphatic rings. The molecule has 6 nitrogen and oxygen atoms in total. The lowest BCUT2D eigenvalue weighted by Crippen LogP contribution is -2.44. The molecule has 0 bridgehead atoms. The maximum atomic E-state index is 4.31. The van der Waals surface area contributed by atoms with Gasteiger partial charge in [0.2, 0.25) is 0 Å². The molecule has 2 fully saturated rings. The van der Waals surface area contributed by atoms with E-state index in [0.717, 1.165) is 30.8 Å². The lowest BCUT2D eigenvalue weighted by molar-refractivity contribution is 0.321. The highest BCUT2D eigenvalue weighted by atomic mass is 15.3. The highest BCUT2D eigenvalue weighted by Crippen LogP contribution is 2.29. The molecule has 1 aromatic heterocycles. The minimum Gasteiger partial charge on any atom is -0.352 e. The van der Waals surface area contributed by atoms with Crippen molar-refractivity contribution in [3.05, 3.63) is 18.0 Å². The smallest absolute Gasteiger partial charge is 0.191 e. The van der Waals surface area contributed by atoms with Gasteiger partial charge in [0.05, 0.1) is 12.2 Å². The predicted molar refractivity (Wildman–Crippen MR) is 79.5 cm³/mol. The zero-order valence-electron chi connectivity index (χ0n) is 12.3. The fourth-order valence-corrected chi connectivity index (χ4v) is 2.81. The van der Waals surface area contributed by atoms with Crippen molar-refractivity contribution in [2.45, 2.75) is 37.9 Å². The SMILES string of the molecule is CN=C(NCc1ccnn1C)NC1CCN(C2CC2)C1. The molecule has 2 heterocycles. The van der Waals surface area contributed by atoms with E-state index in [1.54, 1.807) is 0 Å². The van der Waals surface area contributed by atoms with Crippen molar-refractivity contribution in [2.75, 3.05) is 20.1 Å². The van der Waals surface area contributed by atoms with Gasteiger partial charge in [0.25, 0.3) is 0 Å². The summed E-state index contributed by atoms with van der Waals surface area (Å²) < 4.78 is 1.88.